The van der Waals surface area contributed by atoms with Crippen molar-refractivity contribution in [2.45, 2.75) is 30.1 Å². The monoisotopic (exact) mass is 412 g/mol. The van der Waals surface area contributed by atoms with Gasteiger partial charge in [0.2, 0.25) is 0 Å². The fourth-order valence-corrected chi connectivity index (χ4v) is 3.86. The standard InChI is InChI=1S/C22H24N2O4S/c1-17-20(25)23(15-18-9-5-3-6-10-18)22(26)24(16-28-14-13-27-2)21(17)29-19-11-7-4-8-12-19/h3-12H,13-16H2,1-2H3. The van der Waals surface area contributed by atoms with Gasteiger partial charge in [0.15, 0.2) is 0 Å². The largest absolute Gasteiger partial charge is 0.382 e. The molecule has 152 valence electrons. The van der Waals surface area contributed by atoms with E-state index in [0.29, 0.717) is 23.8 Å². The third-order valence-corrected chi connectivity index (χ3v) is 5.61. The third-order valence-electron chi connectivity index (χ3n) is 4.39. The molecule has 0 aliphatic rings. The molecule has 7 heteroatoms. The Balaban J connectivity index is 2.04. The molecule has 0 bridgehead atoms. The Labute approximate surface area is 173 Å². The quantitative estimate of drug-likeness (QED) is 0.399. The van der Waals surface area contributed by atoms with Crippen LogP contribution in [0.4, 0.5) is 0 Å². The van der Waals surface area contributed by atoms with Crippen LogP contribution in [0.5, 0.6) is 0 Å². The van der Waals surface area contributed by atoms with Gasteiger partial charge in [-0.3, -0.25) is 13.9 Å². The van der Waals surface area contributed by atoms with Crippen LogP contribution >= 0.6 is 11.8 Å². The van der Waals surface area contributed by atoms with Gasteiger partial charge in [0.1, 0.15) is 6.73 Å². The third kappa shape index (κ3) is 5.26. The molecular formula is C22H24N2O4S. The van der Waals surface area contributed by atoms with Gasteiger partial charge in [0.05, 0.1) is 24.8 Å². The maximum atomic E-state index is 13.2. The van der Waals surface area contributed by atoms with E-state index < -0.39 is 0 Å². The summed E-state index contributed by atoms with van der Waals surface area (Å²) >= 11 is 1.39. The number of nitrogens with zero attached hydrogens (tertiary/aromatic N) is 2. The molecule has 0 atom stereocenters. The summed E-state index contributed by atoms with van der Waals surface area (Å²) in [6.45, 7) is 2.80. The summed E-state index contributed by atoms with van der Waals surface area (Å²) in [5.74, 6) is 0. The molecule has 1 aromatic heterocycles. The lowest BCUT2D eigenvalue weighted by atomic mass is 10.2. The number of aromatic nitrogens is 2. The predicted molar refractivity (Wildman–Crippen MR) is 114 cm³/mol. The molecule has 0 saturated heterocycles. The minimum atomic E-state index is -0.389. The Morgan fingerprint density at radius 1 is 0.897 bits per heavy atom. The molecule has 0 amide bonds. The van der Waals surface area contributed by atoms with Gasteiger partial charge in [0, 0.05) is 17.6 Å². The normalized spacial score (nSPS) is 11.0. The summed E-state index contributed by atoms with van der Waals surface area (Å²) in [6, 6.07) is 19.1. The molecule has 0 radical (unpaired) electrons. The molecular weight excluding hydrogens is 388 g/mol. The molecule has 3 rings (SSSR count). The predicted octanol–water partition coefficient (Wildman–Crippen LogP) is 3.14. The maximum Gasteiger partial charge on any atom is 0.334 e. The van der Waals surface area contributed by atoms with Gasteiger partial charge in [0.25, 0.3) is 5.56 Å². The van der Waals surface area contributed by atoms with Crippen LogP contribution in [0.15, 0.2) is 80.2 Å². The van der Waals surface area contributed by atoms with Crippen molar-refractivity contribution in [3.05, 3.63) is 92.6 Å². The molecule has 0 unspecified atom stereocenters. The van der Waals surface area contributed by atoms with Gasteiger partial charge >= 0.3 is 5.69 Å². The zero-order valence-electron chi connectivity index (χ0n) is 16.5. The van der Waals surface area contributed by atoms with E-state index in [4.69, 9.17) is 9.47 Å². The van der Waals surface area contributed by atoms with E-state index in [0.717, 1.165) is 10.5 Å². The summed E-state index contributed by atoms with van der Waals surface area (Å²) in [7, 11) is 1.59. The lowest BCUT2D eigenvalue weighted by Gasteiger charge is -2.18. The summed E-state index contributed by atoms with van der Waals surface area (Å²) in [5.41, 5.74) is 0.733. The van der Waals surface area contributed by atoms with Crippen molar-refractivity contribution < 1.29 is 9.47 Å². The topological polar surface area (TPSA) is 62.5 Å². The summed E-state index contributed by atoms with van der Waals surface area (Å²) in [5, 5.41) is 0.591. The second-order valence-electron chi connectivity index (χ2n) is 6.46. The molecule has 0 fully saturated rings. The molecule has 6 nitrogen and oxygen atoms in total. The van der Waals surface area contributed by atoms with E-state index in [2.05, 4.69) is 0 Å². The Hall–Kier alpha value is -2.61. The van der Waals surface area contributed by atoms with Crippen LogP contribution in [0.3, 0.4) is 0 Å². The summed E-state index contributed by atoms with van der Waals surface area (Å²) in [4.78, 5) is 27.2. The van der Waals surface area contributed by atoms with Gasteiger partial charge < -0.3 is 9.47 Å². The fourth-order valence-electron chi connectivity index (χ4n) is 2.86. The van der Waals surface area contributed by atoms with Crippen LogP contribution < -0.4 is 11.2 Å². The van der Waals surface area contributed by atoms with Crippen molar-refractivity contribution in [3.63, 3.8) is 0 Å². The highest BCUT2D eigenvalue weighted by Gasteiger charge is 2.18. The smallest absolute Gasteiger partial charge is 0.334 e. The van der Waals surface area contributed by atoms with Crippen LogP contribution in [-0.4, -0.2) is 29.5 Å². The SMILES string of the molecule is COCCOCn1c(Sc2ccccc2)c(C)c(=O)n(Cc2ccccc2)c1=O. The lowest BCUT2D eigenvalue weighted by Crippen LogP contribution is -2.42. The summed E-state index contributed by atoms with van der Waals surface area (Å²) in [6.07, 6.45) is 0. The minimum absolute atomic E-state index is 0.0489. The van der Waals surface area contributed by atoms with Crippen molar-refractivity contribution in [2.24, 2.45) is 0 Å². The van der Waals surface area contributed by atoms with Gasteiger partial charge in [-0.1, -0.05) is 60.3 Å². The Morgan fingerprint density at radius 3 is 2.21 bits per heavy atom. The van der Waals surface area contributed by atoms with Gasteiger partial charge in [-0.15, -0.1) is 0 Å². The zero-order chi connectivity index (χ0) is 20.6. The van der Waals surface area contributed by atoms with E-state index in [1.165, 1.54) is 20.9 Å². The number of benzene rings is 2. The molecule has 0 spiro atoms. The number of methoxy groups -OCH3 is 1. The zero-order valence-corrected chi connectivity index (χ0v) is 17.4. The number of hydrogen-bond donors (Lipinski definition) is 0. The number of rotatable bonds is 9. The first-order valence-electron chi connectivity index (χ1n) is 9.29. The number of hydrogen-bond acceptors (Lipinski definition) is 5. The first-order valence-corrected chi connectivity index (χ1v) is 10.1. The fraction of sp³-hybridized carbons (Fsp3) is 0.273. The molecule has 0 N–H and O–H groups in total. The average Bonchev–Trinajstić information content (AvgIpc) is 2.75. The van der Waals surface area contributed by atoms with Crippen molar-refractivity contribution in [1.29, 1.82) is 0 Å². The van der Waals surface area contributed by atoms with Crippen molar-refractivity contribution >= 4 is 11.8 Å². The highest BCUT2D eigenvalue weighted by Crippen LogP contribution is 2.28. The van der Waals surface area contributed by atoms with Crippen LogP contribution in [0.2, 0.25) is 0 Å². The van der Waals surface area contributed by atoms with E-state index in [1.54, 1.807) is 14.0 Å². The van der Waals surface area contributed by atoms with Crippen LogP contribution in [0.1, 0.15) is 11.1 Å². The molecule has 0 aliphatic heterocycles. The molecule has 0 aliphatic carbocycles. The summed E-state index contributed by atoms with van der Waals surface area (Å²) < 4.78 is 13.4. The van der Waals surface area contributed by atoms with Crippen LogP contribution in [-0.2, 0) is 22.7 Å². The van der Waals surface area contributed by atoms with E-state index in [-0.39, 0.29) is 24.5 Å². The molecule has 0 saturated carbocycles. The highest BCUT2D eigenvalue weighted by molar-refractivity contribution is 7.99. The highest BCUT2D eigenvalue weighted by atomic mass is 32.2. The second kappa shape index (κ2) is 10.2. The van der Waals surface area contributed by atoms with E-state index in [1.807, 2.05) is 60.7 Å². The first kappa shape index (κ1) is 21.1. The van der Waals surface area contributed by atoms with Crippen LogP contribution in [0, 0.1) is 6.92 Å². The maximum absolute atomic E-state index is 13.2. The average molecular weight is 413 g/mol. The minimum Gasteiger partial charge on any atom is -0.382 e. The Bertz CT molecular complexity index is 1050. The number of ether oxygens (including phenoxy) is 2. The first-order chi connectivity index (χ1) is 14.1. The van der Waals surface area contributed by atoms with E-state index in [9.17, 15) is 9.59 Å². The van der Waals surface area contributed by atoms with Gasteiger partial charge in [-0.25, -0.2) is 4.79 Å². The van der Waals surface area contributed by atoms with Crippen LogP contribution in [0.25, 0.3) is 0 Å². The van der Waals surface area contributed by atoms with Crippen molar-refractivity contribution in [1.82, 2.24) is 9.13 Å². The van der Waals surface area contributed by atoms with Crippen molar-refractivity contribution in [2.75, 3.05) is 20.3 Å². The molecule has 1 heterocycles. The lowest BCUT2D eigenvalue weighted by molar-refractivity contribution is 0.0275. The van der Waals surface area contributed by atoms with Crippen molar-refractivity contribution in [3.8, 4) is 0 Å². The second-order valence-corrected chi connectivity index (χ2v) is 7.53. The molecule has 3 aromatic rings. The van der Waals surface area contributed by atoms with Gasteiger partial charge in [-0.05, 0) is 24.6 Å². The Morgan fingerprint density at radius 2 is 1.55 bits per heavy atom. The van der Waals surface area contributed by atoms with Gasteiger partial charge in [-0.2, -0.15) is 0 Å². The molecule has 2 aromatic carbocycles. The Kier molecular flexibility index (Phi) is 7.46. The molecule has 29 heavy (non-hydrogen) atoms. The van der Waals surface area contributed by atoms with E-state index >= 15 is 0 Å².